The number of anilines is 1. The molecule has 6 nitrogen and oxygen atoms in total. The van der Waals surface area contributed by atoms with Crippen molar-refractivity contribution in [1.29, 1.82) is 0 Å². The molecule has 1 aromatic carbocycles. The van der Waals surface area contributed by atoms with E-state index in [0.717, 1.165) is 38.0 Å². The third-order valence-electron chi connectivity index (χ3n) is 5.22. The van der Waals surface area contributed by atoms with E-state index in [1.165, 1.54) is 6.42 Å². The van der Waals surface area contributed by atoms with Gasteiger partial charge in [0.2, 0.25) is 0 Å². The fourth-order valence-electron chi connectivity index (χ4n) is 3.48. The van der Waals surface area contributed by atoms with Crippen molar-refractivity contribution in [3.63, 3.8) is 0 Å². The first-order chi connectivity index (χ1) is 12.1. The molecule has 0 unspecified atom stereocenters. The van der Waals surface area contributed by atoms with Gasteiger partial charge in [0.1, 0.15) is 5.52 Å². The first kappa shape index (κ1) is 16.1. The van der Waals surface area contributed by atoms with Gasteiger partial charge in [0.25, 0.3) is 0 Å². The van der Waals surface area contributed by atoms with E-state index in [0.29, 0.717) is 28.6 Å². The number of aromatic nitrogens is 1. The predicted octanol–water partition coefficient (Wildman–Crippen LogP) is 3.34. The summed E-state index contributed by atoms with van der Waals surface area (Å²) in [7, 11) is 0. The average Bonchev–Trinajstić information content (AvgIpc) is 3.36. The molecule has 2 aromatic rings. The Hall–Kier alpha value is -2.37. The van der Waals surface area contributed by atoms with Crippen LogP contribution >= 0.6 is 0 Å². The predicted molar refractivity (Wildman–Crippen MR) is 94.2 cm³/mol. The van der Waals surface area contributed by atoms with Gasteiger partial charge in [0.05, 0.1) is 0 Å². The summed E-state index contributed by atoms with van der Waals surface area (Å²) in [5.41, 5.74) is 1.97. The van der Waals surface area contributed by atoms with Gasteiger partial charge >= 0.3 is 11.8 Å². The Morgan fingerprint density at radius 3 is 2.68 bits per heavy atom. The van der Waals surface area contributed by atoms with Gasteiger partial charge in [-0.3, -0.25) is 9.59 Å². The van der Waals surface area contributed by atoms with Crippen molar-refractivity contribution in [3.8, 4) is 0 Å². The summed E-state index contributed by atoms with van der Waals surface area (Å²) in [6.45, 7) is 2.12. The van der Waals surface area contributed by atoms with E-state index in [9.17, 15) is 9.59 Å². The topological polar surface area (TPSA) is 84.2 Å². The molecular weight excluding hydrogens is 318 g/mol. The molecule has 0 saturated heterocycles. The smallest absolute Gasteiger partial charge is 0.313 e. The number of nitrogens with one attached hydrogen (secondary N) is 2. The van der Waals surface area contributed by atoms with Crippen LogP contribution in [0.5, 0.6) is 0 Å². The number of hydrogen-bond donors (Lipinski definition) is 2. The normalized spacial score (nSPS) is 23.4. The molecule has 1 heterocycles. The Labute approximate surface area is 146 Å². The van der Waals surface area contributed by atoms with E-state index in [4.69, 9.17) is 4.42 Å². The minimum absolute atomic E-state index is 0.0890. The highest BCUT2D eigenvalue weighted by atomic mass is 16.3. The lowest BCUT2D eigenvalue weighted by Gasteiger charge is -2.29. The minimum atomic E-state index is -0.636. The lowest BCUT2D eigenvalue weighted by Crippen LogP contribution is -2.45. The fourth-order valence-corrected chi connectivity index (χ4v) is 3.48. The Morgan fingerprint density at radius 1 is 1.12 bits per heavy atom. The highest BCUT2D eigenvalue weighted by molar-refractivity contribution is 6.39. The van der Waals surface area contributed by atoms with Gasteiger partial charge < -0.3 is 15.1 Å². The van der Waals surface area contributed by atoms with Crippen molar-refractivity contribution in [1.82, 2.24) is 10.3 Å². The number of rotatable bonds is 3. The molecular formula is C19H23N3O3. The van der Waals surface area contributed by atoms with E-state index in [1.54, 1.807) is 18.2 Å². The molecule has 2 N–H and O–H groups in total. The maximum atomic E-state index is 12.2. The van der Waals surface area contributed by atoms with Gasteiger partial charge in [-0.1, -0.05) is 19.8 Å². The van der Waals surface area contributed by atoms with Crippen molar-refractivity contribution in [2.45, 2.75) is 57.4 Å². The Balaban J connectivity index is 1.41. The number of nitrogens with zero attached hydrogens (tertiary/aromatic N) is 1. The zero-order valence-electron chi connectivity index (χ0n) is 14.4. The van der Waals surface area contributed by atoms with Gasteiger partial charge in [-0.15, -0.1) is 0 Å². The van der Waals surface area contributed by atoms with Crippen LogP contribution in [0.3, 0.4) is 0 Å². The second-order valence-corrected chi connectivity index (χ2v) is 7.30. The van der Waals surface area contributed by atoms with Gasteiger partial charge in [-0.05, 0) is 49.8 Å². The molecule has 0 aliphatic heterocycles. The van der Waals surface area contributed by atoms with Gasteiger partial charge in [0.15, 0.2) is 11.5 Å². The highest BCUT2D eigenvalue weighted by Crippen LogP contribution is 2.40. The third kappa shape index (κ3) is 3.52. The molecule has 1 aromatic heterocycles. The molecule has 0 radical (unpaired) electrons. The number of fused-ring (bicyclic) bond motifs is 1. The summed E-state index contributed by atoms with van der Waals surface area (Å²) >= 11 is 0. The van der Waals surface area contributed by atoms with E-state index in [-0.39, 0.29) is 6.04 Å². The molecule has 132 valence electrons. The van der Waals surface area contributed by atoms with Crippen LogP contribution in [0.2, 0.25) is 0 Å². The molecule has 2 saturated carbocycles. The minimum Gasteiger partial charge on any atom is -0.440 e. The summed E-state index contributed by atoms with van der Waals surface area (Å²) in [6, 6.07) is 5.36. The van der Waals surface area contributed by atoms with E-state index in [2.05, 4.69) is 22.5 Å². The molecule has 4 rings (SSSR count). The zero-order valence-corrected chi connectivity index (χ0v) is 14.4. The lowest BCUT2D eigenvalue weighted by molar-refractivity contribution is -0.137. The largest absolute Gasteiger partial charge is 0.440 e. The number of carbonyl (C=O) groups is 2. The Bertz CT molecular complexity index is 809. The Kier molecular flexibility index (Phi) is 4.19. The standard InChI is InChI=1S/C19H23N3O3/c1-11-4-2-3-5-14(11)21-18(24)17(23)20-13-8-9-16-15(10-13)22-19(25-16)12-6-7-12/h8-12,14H,2-7H2,1H3,(H,20,23)(H,21,24)/t11-,14+/m1/s1. The fraction of sp³-hybridized carbons (Fsp3) is 0.526. The molecule has 2 aliphatic carbocycles. The highest BCUT2D eigenvalue weighted by Gasteiger charge is 2.29. The molecule has 6 heteroatoms. The first-order valence-electron chi connectivity index (χ1n) is 9.12. The van der Waals surface area contributed by atoms with Crippen LogP contribution in [0.25, 0.3) is 11.1 Å². The Morgan fingerprint density at radius 2 is 1.92 bits per heavy atom. The van der Waals surface area contributed by atoms with Crippen molar-refractivity contribution < 1.29 is 14.0 Å². The molecule has 2 aliphatic rings. The molecule has 25 heavy (non-hydrogen) atoms. The van der Waals surface area contributed by atoms with Crippen LogP contribution in [0.1, 0.15) is 57.3 Å². The number of hydrogen-bond acceptors (Lipinski definition) is 4. The maximum absolute atomic E-state index is 12.2. The summed E-state index contributed by atoms with van der Waals surface area (Å²) < 4.78 is 5.71. The summed E-state index contributed by atoms with van der Waals surface area (Å²) in [6.07, 6.45) is 6.57. The van der Waals surface area contributed by atoms with Crippen LogP contribution < -0.4 is 10.6 Å². The van der Waals surface area contributed by atoms with Crippen molar-refractivity contribution in [2.75, 3.05) is 5.32 Å². The SMILES string of the molecule is C[C@@H]1CCCC[C@@H]1NC(=O)C(=O)Nc1ccc2oc(C3CC3)nc2c1. The van der Waals surface area contributed by atoms with E-state index in [1.807, 2.05) is 0 Å². The third-order valence-corrected chi connectivity index (χ3v) is 5.22. The van der Waals surface area contributed by atoms with E-state index < -0.39 is 11.8 Å². The summed E-state index contributed by atoms with van der Waals surface area (Å²) in [5, 5.41) is 5.53. The number of carbonyl (C=O) groups excluding carboxylic acids is 2. The van der Waals surface area contributed by atoms with Gasteiger partial charge in [-0.25, -0.2) is 4.98 Å². The van der Waals surface area contributed by atoms with E-state index >= 15 is 0 Å². The van der Waals surface area contributed by atoms with Crippen LogP contribution in [0.15, 0.2) is 22.6 Å². The monoisotopic (exact) mass is 341 g/mol. The zero-order chi connectivity index (χ0) is 17.4. The first-order valence-corrected chi connectivity index (χ1v) is 9.12. The number of amides is 2. The van der Waals surface area contributed by atoms with Gasteiger partial charge in [0, 0.05) is 17.6 Å². The van der Waals surface area contributed by atoms with Crippen molar-refractivity contribution >= 4 is 28.6 Å². The quantitative estimate of drug-likeness (QED) is 0.839. The van der Waals surface area contributed by atoms with Gasteiger partial charge in [-0.2, -0.15) is 0 Å². The van der Waals surface area contributed by atoms with Crippen LogP contribution in [0, 0.1) is 5.92 Å². The molecule has 0 spiro atoms. The molecule has 2 amide bonds. The van der Waals surface area contributed by atoms with Crippen LogP contribution in [-0.2, 0) is 9.59 Å². The summed E-state index contributed by atoms with van der Waals surface area (Å²) in [5.74, 6) is 0.412. The summed E-state index contributed by atoms with van der Waals surface area (Å²) in [4.78, 5) is 28.8. The van der Waals surface area contributed by atoms with Crippen molar-refractivity contribution in [3.05, 3.63) is 24.1 Å². The van der Waals surface area contributed by atoms with Crippen molar-refractivity contribution in [2.24, 2.45) is 5.92 Å². The average molecular weight is 341 g/mol. The molecule has 2 fully saturated rings. The molecule has 0 bridgehead atoms. The maximum Gasteiger partial charge on any atom is 0.313 e. The second kappa shape index (κ2) is 6.50. The number of oxazole rings is 1. The van der Waals surface area contributed by atoms with Crippen LogP contribution in [-0.4, -0.2) is 22.8 Å². The number of benzene rings is 1. The second-order valence-electron chi connectivity index (χ2n) is 7.30. The molecule has 2 atom stereocenters. The lowest BCUT2D eigenvalue weighted by atomic mass is 9.86. The van der Waals surface area contributed by atoms with Crippen LogP contribution in [0.4, 0.5) is 5.69 Å².